The molecule has 0 saturated carbocycles. The van der Waals surface area contributed by atoms with Gasteiger partial charge in [-0.15, -0.1) is 0 Å². The van der Waals surface area contributed by atoms with Crippen LogP contribution in [0.25, 0.3) is 0 Å². The van der Waals surface area contributed by atoms with Crippen molar-refractivity contribution in [1.29, 1.82) is 0 Å². The predicted octanol–water partition coefficient (Wildman–Crippen LogP) is 1.01. The number of rotatable bonds is 3. The van der Waals surface area contributed by atoms with Crippen LogP contribution in [0.2, 0.25) is 0 Å². The molecule has 1 rings (SSSR count). The van der Waals surface area contributed by atoms with E-state index in [9.17, 15) is 0 Å². The van der Waals surface area contributed by atoms with Gasteiger partial charge in [-0.3, -0.25) is 4.68 Å². The molecule has 0 aliphatic carbocycles. The zero-order valence-corrected chi connectivity index (χ0v) is 7.67. The summed E-state index contributed by atoms with van der Waals surface area (Å²) in [7, 11) is 0. The van der Waals surface area contributed by atoms with Crippen LogP contribution in [0.3, 0.4) is 0 Å². The number of hydrogen-bond acceptors (Lipinski definition) is 2. The molecule has 0 bridgehead atoms. The van der Waals surface area contributed by atoms with Crippen molar-refractivity contribution in [2.24, 2.45) is 5.73 Å². The SMILES string of the molecule is C=C(CN)Cn1nc(C)cc1C. The Hall–Kier alpha value is -1.09. The fourth-order valence-corrected chi connectivity index (χ4v) is 1.11. The first kappa shape index (κ1) is 9.00. The van der Waals surface area contributed by atoms with E-state index in [1.807, 2.05) is 24.6 Å². The highest BCUT2D eigenvalue weighted by molar-refractivity contribution is 5.09. The lowest BCUT2D eigenvalue weighted by atomic mass is 10.3. The summed E-state index contributed by atoms with van der Waals surface area (Å²) in [6, 6.07) is 2.05. The second-order valence-corrected chi connectivity index (χ2v) is 3.04. The van der Waals surface area contributed by atoms with E-state index in [-0.39, 0.29) is 0 Å². The van der Waals surface area contributed by atoms with Gasteiger partial charge in [0.2, 0.25) is 0 Å². The summed E-state index contributed by atoms with van der Waals surface area (Å²) in [5, 5.41) is 4.30. The standard InChI is InChI=1S/C9H15N3/c1-7(5-10)6-12-9(3)4-8(2)11-12/h4H,1,5-6,10H2,2-3H3. The Morgan fingerprint density at radius 2 is 2.33 bits per heavy atom. The molecule has 0 radical (unpaired) electrons. The van der Waals surface area contributed by atoms with E-state index < -0.39 is 0 Å². The highest BCUT2D eigenvalue weighted by atomic mass is 15.3. The molecule has 0 aliphatic heterocycles. The van der Waals surface area contributed by atoms with Crippen molar-refractivity contribution < 1.29 is 0 Å². The summed E-state index contributed by atoms with van der Waals surface area (Å²) in [4.78, 5) is 0. The molecule has 0 unspecified atom stereocenters. The molecule has 1 aromatic heterocycles. The molecule has 0 amide bonds. The van der Waals surface area contributed by atoms with Gasteiger partial charge in [-0.25, -0.2) is 0 Å². The molecule has 0 spiro atoms. The van der Waals surface area contributed by atoms with E-state index in [1.165, 1.54) is 0 Å². The predicted molar refractivity (Wildman–Crippen MR) is 49.9 cm³/mol. The summed E-state index contributed by atoms with van der Waals surface area (Å²) in [6.07, 6.45) is 0. The highest BCUT2D eigenvalue weighted by Gasteiger charge is 2.00. The largest absolute Gasteiger partial charge is 0.327 e. The molecular formula is C9H15N3. The molecular weight excluding hydrogens is 150 g/mol. The van der Waals surface area contributed by atoms with E-state index >= 15 is 0 Å². The van der Waals surface area contributed by atoms with Gasteiger partial charge in [0.1, 0.15) is 0 Å². The Labute approximate surface area is 72.9 Å². The van der Waals surface area contributed by atoms with Gasteiger partial charge >= 0.3 is 0 Å². The molecule has 2 N–H and O–H groups in total. The molecule has 0 aromatic carbocycles. The van der Waals surface area contributed by atoms with Gasteiger partial charge in [0, 0.05) is 12.2 Å². The monoisotopic (exact) mass is 165 g/mol. The van der Waals surface area contributed by atoms with Crippen molar-refractivity contribution in [2.75, 3.05) is 6.54 Å². The van der Waals surface area contributed by atoms with Crippen LogP contribution in [0.1, 0.15) is 11.4 Å². The maximum Gasteiger partial charge on any atom is 0.0632 e. The first-order valence-electron chi connectivity index (χ1n) is 4.01. The maximum atomic E-state index is 5.44. The van der Waals surface area contributed by atoms with Gasteiger partial charge in [-0.05, 0) is 25.5 Å². The van der Waals surface area contributed by atoms with Crippen LogP contribution in [-0.2, 0) is 6.54 Å². The zero-order chi connectivity index (χ0) is 9.14. The molecule has 0 fully saturated rings. The van der Waals surface area contributed by atoms with Crippen LogP contribution in [-0.4, -0.2) is 16.3 Å². The Morgan fingerprint density at radius 1 is 1.67 bits per heavy atom. The van der Waals surface area contributed by atoms with Crippen LogP contribution in [0.5, 0.6) is 0 Å². The summed E-state index contributed by atoms with van der Waals surface area (Å²) >= 11 is 0. The van der Waals surface area contributed by atoms with Crippen LogP contribution in [0.15, 0.2) is 18.2 Å². The van der Waals surface area contributed by atoms with Gasteiger partial charge < -0.3 is 5.73 Å². The molecule has 0 atom stereocenters. The van der Waals surface area contributed by atoms with E-state index in [0.29, 0.717) is 6.54 Å². The van der Waals surface area contributed by atoms with E-state index in [0.717, 1.165) is 23.5 Å². The Bertz CT molecular complexity index is 286. The lowest BCUT2D eigenvalue weighted by Gasteiger charge is -2.04. The van der Waals surface area contributed by atoms with E-state index in [1.54, 1.807) is 0 Å². The number of nitrogens with zero attached hydrogens (tertiary/aromatic N) is 2. The second-order valence-electron chi connectivity index (χ2n) is 3.04. The van der Waals surface area contributed by atoms with Gasteiger partial charge in [-0.2, -0.15) is 5.10 Å². The fourth-order valence-electron chi connectivity index (χ4n) is 1.11. The number of aromatic nitrogens is 2. The van der Waals surface area contributed by atoms with Crippen molar-refractivity contribution in [3.63, 3.8) is 0 Å². The van der Waals surface area contributed by atoms with Gasteiger partial charge in [0.15, 0.2) is 0 Å². The van der Waals surface area contributed by atoms with Gasteiger partial charge in [0.25, 0.3) is 0 Å². The van der Waals surface area contributed by atoms with Gasteiger partial charge in [-0.1, -0.05) is 6.58 Å². The van der Waals surface area contributed by atoms with Crippen LogP contribution < -0.4 is 5.73 Å². The Balaban J connectivity index is 2.75. The average Bonchev–Trinajstić information content (AvgIpc) is 2.30. The highest BCUT2D eigenvalue weighted by Crippen LogP contribution is 2.03. The quantitative estimate of drug-likeness (QED) is 0.679. The minimum absolute atomic E-state index is 0.526. The first-order chi connectivity index (χ1) is 5.63. The Kier molecular flexibility index (Phi) is 2.65. The topological polar surface area (TPSA) is 43.8 Å². The molecule has 12 heavy (non-hydrogen) atoms. The molecule has 3 nitrogen and oxygen atoms in total. The van der Waals surface area contributed by atoms with Crippen molar-refractivity contribution in [3.8, 4) is 0 Å². The summed E-state index contributed by atoms with van der Waals surface area (Å²) in [5.41, 5.74) is 8.63. The van der Waals surface area contributed by atoms with Crippen molar-refractivity contribution >= 4 is 0 Å². The minimum Gasteiger partial charge on any atom is -0.327 e. The Morgan fingerprint density at radius 3 is 2.75 bits per heavy atom. The second kappa shape index (κ2) is 3.54. The third-order valence-electron chi connectivity index (χ3n) is 1.77. The van der Waals surface area contributed by atoms with Crippen LogP contribution >= 0.6 is 0 Å². The molecule has 1 aromatic rings. The van der Waals surface area contributed by atoms with Crippen molar-refractivity contribution in [3.05, 3.63) is 29.6 Å². The fraction of sp³-hybridized carbons (Fsp3) is 0.444. The van der Waals surface area contributed by atoms with Crippen LogP contribution in [0.4, 0.5) is 0 Å². The third kappa shape index (κ3) is 1.95. The zero-order valence-electron chi connectivity index (χ0n) is 7.67. The van der Waals surface area contributed by atoms with Crippen molar-refractivity contribution in [2.45, 2.75) is 20.4 Å². The summed E-state index contributed by atoms with van der Waals surface area (Å²) in [6.45, 7) is 9.10. The number of hydrogen-bond donors (Lipinski definition) is 1. The van der Waals surface area contributed by atoms with E-state index in [2.05, 4.69) is 11.7 Å². The number of aryl methyl sites for hydroxylation is 2. The summed E-state index contributed by atoms with van der Waals surface area (Å²) < 4.78 is 1.92. The van der Waals surface area contributed by atoms with E-state index in [4.69, 9.17) is 5.73 Å². The number of nitrogens with two attached hydrogens (primary N) is 1. The lowest BCUT2D eigenvalue weighted by Crippen LogP contribution is -2.11. The molecule has 66 valence electrons. The molecule has 0 saturated heterocycles. The average molecular weight is 165 g/mol. The smallest absolute Gasteiger partial charge is 0.0632 e. The van der Waals surface area contributed by atoms with Gasteiger partial charge in [0.05, 0.1) is 12.2 Å². The van der Waals surface area contributed by atoms with Crippen molar-refractivity contribution in [1.82, 2.24) is 9.78 Å². The summed E-state index contributed by atoms with van der Waals surface area (Å²) in [5.74, 6) is 0. The molecule has 0 aliphatic rings. The maximum absolute atomic E-state index is 5.44. The minimum atomic E-state index is 0.526. The normalized spacial score (nSPS) is 10.2. The third-order valence-corrected chi connectivity index (χ3v) is 1.77. The lowest BCUT2D eigenvalue weighted by molar-refractivity contribution is 0.645. The molecule has 1 heterocycles. The molecule has 3 heteroatoms. The first-order valence-corrected chi connectivity index (χ1v) is 4.01. The van der Waals surface area contributed by atoms with Crippen LogP contribution in [0, 0.1) is 13.8 Å².